The quantitative estimate of drug-likeness (QED) is 0.491. The highest BCUT2D eigenvalue weighted by molar-refractivity contribution is 5.98. The minimum Gasteiger partial charge on any atom is -0.497 e. The van der Waals surface area contributed by atoms with Crippen LogP contribution in [0.4, 0.5) is 4.39 Å². The van der Waals surface area contributed by atoms with Crippen LogP contribution in [0.1, 0.15) is 42.2 Å². The van der Waals surface area contributed by atoms with E-state index >= 15 is 0 Å². The van der Waals surface area contributed by atoms with Crippen LogP contribution < -0.4 is 9.75 Å². The Morgan fingerprint density at radius 2 is 1.80 bits per heavy atom. The number of carbonyl (C=O) groups excluding carboxylic acids is 1. The molecule has 0 bridgehead atoms. The first-order valence-corrected chi connectivity index (χ1v) is 10.3. The van der Waals surface area contributed by atoms with E-state index in [1.807, 2.05) is 6.07 Å². The fraction of sp³-hybridized carbons (Fsp3) is 0.375. The lowest BCUT2D eigenvalue weighted by Gasteiger charge is -2.35. The van der Waals surface area contributed by atoms with Gasteiger partial charge in [-0.1, -0.05) is 13.3 Å². The van der Waals surface area contributed by atoms with E-state index in [-0.39, 0.29) is 29.9 Å². The first-order valence-electron chi connectivity index (χ1n) is 10.3. The van der Waals surface area contributed by atoms with Gasteiger partial charge in [0.1, 0.15) is 11.6 Å². The molecule has 0 radical (unpaired) electrons. The topological polar surface area (TPSA) is 34.5 Å². The van der Waals surface area contributed by atoms with Gasteiger partial charge in [-0.05, 0) is 67.8 Å². The number of piperidine rings is 1. The van der Waals surface area contributed by atoms with E-state index in [2.05, 4.69) is 34.8 Å². The molecular weight excluding hydrogens is 403 g/mol. The van der Waals surface area contributed by atoms with Crippen LogP contribution in [0.3, 0.4) is 0 Å². The summed E-state index contributed by atoms with van der Waals surface area (Å²) in [5, 5.41) is 3.53. The van der Waals surface area contributed by atoms with Crippen molar-refractivity contribution >= 4 is 29.1 Å². The molecule has 0 spiro atoms. The normalized spacial score (nSPS) is 14.6. The number of methoxy groups -OCH3 is 1. The average molecular weight is 431 g/mol. The highest BCUT2D eigenvalue weighted by Crippen LogP contribution is 2.28. The number of ketones is 1. The van der Waals surface area contributed by atoms with Crippen LogP contribution >= 0.6 is 12.4 Å². The summed E-state index contributed by atoms with van der Waals surface area (Å²) in [7, 11) is 1.69. The smallest absolute Gasteiger partial charge is 0.166 e. The number of benzene rings is 2. The lowest BCUT2D eigenvalue weighted by atomic mass is 9.89. The number of carbonyl (C=O) groups is 1. The maximum atomic E-state index is 13.1. The van der Waals surface area contributed by atoms with E-state index in [1.165, 1.54) is 28.7 Å². The van der Waals surface area contributed by atoms with Crippen molar-refractivity contribution < 1.29 is 13.9 Å². The van der Waals surface area contributed by atoms with Gasteiger partial charge in [-0.2, -0.15) is 0 Å². The van der Waals surface area contributed by atoms with Crippen LogP contribution in [0, 0.1) is 11.7 Å². The summed E-state index contributed by atoms with van der Waals surface area (Å²) >= 11 is 0. The van der Waals surface area contributed by atoms with Crippen LogP contribution in [0.5, 0.6) is 5.75 Å². The number of hydrogen-bond acceptors (Lipinski definition) is 3. The number of aryl methyl sites for hydroxylation is 1. The summed E-state index contributed by atoms with van der Waals surface area (Å²) in [4.78, 5) is 12.8. The fourth-order valence-corrected chi connectivity index (χ4v) is 4.31. The van der Waals surface area contributed by atoms with E-state index in [4.69, 9.17) is 4.74 Å². The predicted octanol–water partition coefficient (Wildman–Crippen LogP) is 5.39. The molecule has 0 N–H and O–H groups in total. The van der Waals surface area contributed by atoms with E-state index in [0.717, 1.165) is 44.5 Å². The van der Waals surface area contributed by atoms with Crippen LogP contribution in [0.2, 0.25) is 0 Å². The molecule has 4 rings (SSSR count). The maximum Gasteiger partial charge on any atom is 0.166 e. The van der Waals surface area contributed by atoms with E-state index in [1.54, 1.807) is 19.2 Å². The molecule has 1 aliphatic rings. The second kappa shape index (κ2) is 9.52. The molecule has 30 heavy (non-hydrogen) atoms. The van der Waals surface area contributed by atoms with Crippen molar-refractivity contribution in [3.8, 4) is 5.75 Å². The number of hydrogen-bond donors (Lipinski definition) is 0. The maximum absolute atomic E-state index is 13.1. The minimum atomic E-state index is -0.309. The zero-order valence-corrected chi connectivity index (χ0v) is 18.3. The number of Topliss-reactive ketones (excluding diaryl/α,β-unsaturated/α-hetero) is 1. The molecule has 1 fully saturated rings. The van der Waals surface area contributed by atoms with Crippen molar-refractivity contribution in [2.75, 3.05) is 25.2 Å². The Morgan fingerprint density at radius 3 is 2.43 bits per heavy atom. The zero-order valence-electron chi connectivity index (χ0n) is 17.4. The summed E-state index contributed by atoms with van der Waals surface area (Å²) in [5.41, 5.74) is 3.08. The fourth-order valence-electron chi connectivity index (χ4n) is 4.31. The van der Waals surface area contributed by atoms with Gasteiger partial charge >= 0.3 is 0 Å². The van der Waals surface area contributed by atoms with Crippen LogP contribution in [0.15, 0.2) is 48.5 Å². The largest absolute Gasteiger partial charge is 0.497 e. The van der Waals surface area contributed by atoms with Gasteiger partial charge in [-0.15, -0.1) is 12.4 Å². The lowest BCUT2D eigenvalue weighted by Crippen LogP contribution is -2.43. The summed E-state index contributed by atoms with van der Waals surface area (Å²) in [6.07, 6.45) is 3.69. The molecule has 0 atom stereocenters. The molecule has 0 unspecified atom stereocenters. The molecule has 0 saturated carbocycles. The van der Waals surface area contributed by atoms with E-state index in [9.17, 15) is 9.18 Å². The van der Waals surface area contributed by atoms with Crippen molar-refractivity contribution in [3.63, 3.8) is 0 Å². The second-order valence-corrected chi connectivity index (χ2v) is 7.72. The van der Waals surface area contributed by atoms with Crippen LogP contribution in [-0.2, 0) is 6.42 Å². The number of rotatable bonds is 6. The minimum absolute atomic E-state index is 0. The van der Waals surface area contributed by atoms with Crippen molar-refractivity contribution in [2.45, 2.75) is 32.6 Å². The predicted molar refractivity (Wildman–Crippen MR) is 121 cm³/mol. The van der Waals surface area contributed by atoms with Crippen molar-refractivity contribution in [3.05, 3.63) is 65.6 Å². The number of nitrogens with zero attached hydrogens (tertiary/aromatic N) is 2. The molecule has 2 aromatic carbocycles. The standard InChI is InChI=1S/C24H27FN2O2.ClH/c1-3-4-21-15-19-16-22(29-2)9-10-23(19)27(21)26-13-11-18(12-14-26)24(28)17-5-7-20(25)8-6-17;/h5-10,15-16,18H,3-4,11-14H2,1-2H3;1H. The summed E-state index contributed by atoms with van der Waals surface area (Å²) in [6, 6.07) is 14.3. The van der Waals surface area contributed by atoms with E-state index < -0.39 is 0 Å². The van der Waals surface area contributed by atoms with Gasteiger partial charge in [0.25, 0.3) is 0 Å². The third-order valence-electron chi connectivity index (χ3n) is 5.82. The third kappa shape index (κ3) is 4.31. The van der Waals surface area contributed by atoms with Gasteiger partial charge in [-0.25, -0.2) is 4.39 Å². The molecule has 4 nitrogen and oxygen atoms in total. The molecule has 1 aromatic heterocycles. The van der Waals surface area contributed by atoms with Crippen LogP contribution in [0.25, 0.3) is 10.9 Å². The highest BCUT2D eigenvalue weighted by atomic mass is 35.5. The Balaban J connectivity index is 0.00000256. The Morgan fingerprint density at radius 1 is 1.10 bits per heavy atom. The van der Waals surface area contributed by atoms with Crippen molar-refractivity contribution in [1.82, 2.24) is 4.68 Å². The monoisotopic (exact) mass is 430 g/mol. The van der Waals surface area contributed by atoms with Gasteiger partial charge in [0.15, 0.2) is 5.78 Å². The SMILES string of the molecule is CCCc1cc2cc(OC)ccc2n1N1CCC(C(=O)c2ccc(F)cc2)CC1.Cl. The van der Waals surface area contributed by atoms with Crippen LogP contribution in [-0.4, -0.2) is 30.7 Å². The molecule has 6 heteroatoms. The molecule has 1 aliphatic heterocycles. The number of ether oxygens (including phenoxy) is 1. The molecule has 3 aromatic rings. The Kier molecular flexibility index (Phi) is 7.03. The number of aromatic nitrogens is 1. The molecule has 160 valence electrons. The second-order valence-electron chi connectivity index (χ2n) is 7.72. The van der Waals surface area contributed by atoms with Gasteiger partial charge in [0, 0.05) is 35.7 Å². The number of fused-ring (bicyclic) bond motifs is 1. The first kappa shape index (κ1) is 22.2. The molecule has 0 amide bonds. The summed E-state index contributed by atoms with van der Waals surface area (Å²) in [5.74, 6) is 0.672. The van der Waals surface area contributed by atoms with Crippen molar-refractivity contribution in [1.29, 1.82) is 0 Å². The lowest BCUT2D eigenvalue weighted by molar-refractivity contribution is 0.0896. The zero-order chi connectivity index (χ0) is 20.4. The van der Waals surface area contributed by atoms with Gasteiger partial charge < -0.3 is 9.75 Å². The highest BCUT2D eigenvalue weighted by Gasteiger charge is 2.27. The average Bonchev–Trinajstić information content (AvgIpc) is 3.11. The molecule has 1 saturated heterocycles. The van der Waals surface area contributed by atoms with Gasteiger partial charge in [-0.3, -0.25) is 9.47 Å². The van der Waals surface area contributed by atoms with E-state index in [0.29, 0.717) is 5.56 Å². The van der Waals surface area contributed by atoms with Gasteiger partial charge in [0.05, 0.1) is 12.6 Å². The third-order valence-corrected chi connectivity index (χ3v) is 5.82. The number of halogens is 2. The Bertz CT molecular complexity index is 1010. The molecule has 0 aliphatic carbocycles. The molecular formula is C24H28ClFN2O2. The Hall–Kier alpha value is -2.53. The summed E-state index contributed by atoms with van der Waals surface area (Å²) < 4.78 is 20.9. The first-order chi connectivity index (χ1) is 14.1. The Labute approximate surface area is 183 Å². The molecule has 2 heterocycles. The van der Waals surface area contributed by atoms with Crippen molar-refractivity contribution in [2.24, 2.45) is 5.92 Å². The van der Waals surface area contributed by atoms with Gasteiger partial charge in [0.2, 0.25) is 0 Å². The summed E-state index contributed by atoms with van der Waals surface area (Å²) in [6.45, 7) is 3.84.